The summed E-state index contributed by atoms with van der Waals surface area (Å²) in [6.07, 6.45) is 1.40. The maximum absolute atomic E-state index is 10.5. The van der Waals surface area contributed by atoms with Crippen molar-refractivity contribution in [3.05, 3.63) is 17.8 Å². The number of rotatable bonds is 3. The second kappa shape index (κ2) is 3.59. The maximum Gasteiger partial charge on any atom is 0.255 e. The molecule has 2 N–H and O–H groups in total. The van der Waals surface area contributed by atoms with E-state index in [2.05, 4.69) is 9.97 Å². The molecule has 6 heteroatoms. The summed E-state index contributed by atoms with van der Waals surface area (Å²) in [5.41, 5.74) is 4.95. The van der Waals surface area contributed by atoms with Crippen molar-refractivity contribution < 1.29 is 9.53 Å². The third kappa shape index (κ3) is 1.64. The number of nitrogens with zero attached hydrogens (tertiary/aromatic N) is 2. The average molecular weight is 209 g/mol. The van der Waals surface area contributed by atoms with Crippen molar-refractivity contribution in [1.29, 1.82) is 0 Å². The van der Waals surface area contributed by atoms with Crippen molar-refractivity contribution in [2.45, 2.75) is 0 Å². The van der Waals surface area contributed by atoms with Gasteiger partial charge in [0.05, 0.1) is 5.39 Å². The van der Waals surface area contributed by atoms with Crippen molar-refractivity contribution in [1.82, 2.24) is 9.97 Å². The number of primary amides is 1. The Morgan fingerprint density at radius 2 is 2.43 bits per heavy atom. The zero-order valence-electron chi connectivity index (χ0n) is 7.14. The van der Waals surface area contributed by atoms with Crippen LogP contribution in [0.3, 0.4) is 0 Å². The number of ether oxygens (including phenoxy) is 1. The molecule has 2 heterocycles. The first kappa shape index (κ1) is 8.89. The molecule has 0 saturated heterocycles. The summed E-state index contributed by atoms with van der Waals surface area (Å²) in [7, 11) is 0. The van der Waals surface area contributed by atoms with Crippen LogP contribution in [0.15, 0.2) is 17.8 Å². The Morgan fingerprint density at radius 1 is 1.57 bits per heavy atom. The van der Waals surface area contributed by atoms with E-state index in [0.717, 1.165) is 10.2 Å². The van der Waals surface area contributed by atoms with Crippen molar-refractivity contribution >= 4 is 27.5 Å². The van der Waals surface area contributed by atoms with Crippen LogP contribution >= 0.6 is 11.3 Å². The molecule has 0 aliphatic heterocycles. The van der Waals surface area contributed by atoms with Crippen molar-refractivity contribution in [2.24, 2.45) is 5.73 Å². The molecule has 0 aliphatic rings. The normalized spacial score (nSPS) is 10.3. The predicted octanol–water partition coefficient (Wildman–Crippen LogP) is 0.555. The minimum Gasteiger partial charge on any atom is -0.467 e. The number of hydrogen-bond acceptors (Lipinski definition) is 5. The molecule has 2 rings (SSSR count). The van der Waals surface area contributed by atoms with Gasteiger partial charge in [-0.1, -0.05) is 0 Å². The van der Waals surface area contributed by atoms with E-state index in [1.54, 1.807) is 0 Å². The molecule has 0 atom stereocenters. The SMILES string of the molecule is NC(=O)COc1ncnc2sccc12. The summed E-state index contributed by atoms with van der Waals surface area (Å²) in [6.45, 7) is -0.165. The van der Waals surface area contributed by atoms with Crippen LogP contribution in [0.5, 0.6) is 5.88 Å². The maximum atomic E-state index is 10.5. The Labute approximate surface area is 83.5 Å². The zero-order valence-corrected chi connectivity index (χ0v) is 7.95. The third-order valence-corrected chi connectivity index (χ3v) is 2.40. The first-order valence-electron chi connectivity index (χ1n) is 3.86. The number of carbonyl (C=O) groups is 1. The van der Waals surface area contributed by atoms with Crippen LogP contribution in [-0.4, -0.2) is 22.5 Å². The lowest BCUT2D eigenvalue weighted by Gasteiger charge is -2.02. The molecule has 0 spiro atoms. The Morgan fingerprint density at radius 3 is 3.21 bits per heavy atom. The Bertz CT molecular complexity index is 468. The quantitative estimate of drug-likeness (QED) is 0.800. The summed E-state index contributed by atoms with van der Waals surface area (Å²) in [5, 5.41) is 2.69. The topological polar surface area (TPSA) is 78.1 Å². The molecular weight excluding hydrogens is 202 g/mol. The van der Waals surface area contributed by atoms with E-state index in [9.17, 15) is 4.79 Å². The second-order valence-corrected chi connectivity index (χ2v) is 3.47. The standard InChI is InChI=1S/C8H7N3O2S/c9-6(12)3-13-7-5-1-2-14-8(5)11-4-10-7/h1-2,4H,3H2,(H2,9,12). The molecule has 2 aromatic heterocycles. The number of thiophene rings is 1. The lowest BCUT2D eigenvalue weighted by atomic mass is 10.4. The molecule has 0 aromatic carbocycles. The van der Waals surface area contributed by atoms with Gasteiger partial charge in [-0.05, 0) is 11.4 Å². The fourth-order valence-electron chi connectivity index (χ4n) is 1.02. The van der Waals surface area contributed by atoms with Crippen LogP contribution in [0, 0.1) is 0 Å². The summed E-state index contributed by atoms with van der Waals surface area (Å²) in [6, 6.07) is 1.84. The molecule has 0 fully saturated rings. The van der Waals surface area contributed by atoms with Crippen LogP contribution in [0.4, 0.5) is 0 Å². The molecule has 5 nitrogen and oxygen atoms in total. The van der Waals surface area contributed by atoms with Gasteiger partial charge < -0.3 is 10.5 Å². The Balaban J connectivity index is 2.32. The van der Waals surface area contributed by atoms with Gasteiger partial charge >= 0.3 is 0 Å². The molecule has 1 amide bonds. The fraction of sp³-hybridized carbons (Fsp3) is 0.125. The van der Waals surface area contributed by atoms with Crippen LogP contribution in [-0.2, 0) is 4.79 Å². The molecule has 72 valence electrons. The van der Waals surface area contributed by atoms with Gasteiger partial charge in [0.25, 0.3) is 5.91 Å². The van der Waals surface area contributed by atoms with Gasteiger partial charge in [0.2, 0.25) is 5.88 Å². The smallest absolute Gasteiger partial charge is 0.255 e. The Kier molecular flexibility index (Phi) is 2.28. The lowest BCUT2D eigenvalue weighted by Crippen LogP contribution is -2.20. The van der Waals surface area contributed by atoms with E-state index >= 15 is 0 Å². The molecule has 14 heavy (non-hydrogen) atoms. The van der Waals surface area contributed by atoms with Gasteiger partial charge in [-0.2, -0.15) is 0 Å². The summed E-state index contributed by atoms with van der Waals surface area (Å²) in [5.74, 6) is -0.123. The molecule has 0 radical (unpaired) electrons. The Hall–Kier alpha value is -1.69. The second-order valence-electron chi connectivity index (χ2n) is 2.57. The van der Waals surface area contributed by atoms with Crippen LogP contribution in [0.1, 0.15) is 0 Å². The molecule has 2 aromatic rings. The summed E-state index contributed by atoms with van der Waals surface area (Å²) in [4.78, 5) is 19.3. The van der Waals surface area contributed by atoms with E-state index in [1.807, 2.05) is 11.4 Å². The number of carbonyl (C=O) groups excluding carboxylic acids is 1. The molecular formula is C8H7N3O2S. The number of hydrogen-bond donors (Lipinski definition) is 1. The van der Waals surface area contributed by atoms with Gasteiger partial charge in [-0.3, -0.25) is 4.79 Å². The highest BCUT2D eigenvalue weighted by atomic mass is 32.1. The highest BCUT2D eigenvalue weighted by Crippen LogP contribution is 2.25. The van der Waals surface area contributed by atoms with Gasteiger partial charge in [-0.15, -0.1) is 11.3 Å². The van der Waals surface area contributed by atoms with Gasteiger partial charge in [-0.25, -0.2) is 9.97 Å². The molecule has 0 unspecified atom stereocenters. The summed E-state index contributed by atoms with van der Waals surface area (Å²) < 4.78 is 5.12. The third-order valence-electron chi connectivity index (χ3n) is 1.58. The largest absolute Gasteiger partial charge is 0.467 e. The highest BCUT2D eigenvalue weighted by Gasteiger charge is 2.06. The van der Waals surface area contributed by atoms with Crippen molar-refractivity contribution in [3.8, 4) is 5.88 Å². The van der Waals surface area contributed by atoms with E-state index in [4.69, 9.17) is 10.5 Å². The predicted molar refractivity (Wildman–Crippen MR) is 52.1 cm³/mol. The van der Waals surface area contributed by atoms with Crippen LogP contribution in [0.2, 0.25) is 0 Å². The van der Waals surface area contributed by atoms with Gasteiger partial charge in [0.15, 0.2) is 6.61 Å². The van der Waals surface area contributed by atoms with Gasteiger partial charge in [0, 0.05) is 0 Å². The first-order chi connectivity index (χ1) is 6.77. The molecule has 0 bridgehead atoms. The molecule has 0 aliphatic carbocycles. The van der Waals surface area contributed by atoms with Crippen LogP contribution in [0.25, 0.3) is 10.2 Å². The summed E-state index contributed by atoms with van der Waals surface area (Å²) >= 11 is 1.49. The van der Waals surface area contributed by atoms with Crippen molar-refractivity contribution in [2.75, 3.05) is 6.61 Å². The minimum absolute atomic E-state index is 0.165. The van der Waals surface area contributed by atoms with Crippen molar-refractivity contribution in [3.63, 3.8) is 0 Å². The van der Waals surface area contributed by atoms with E-state index in [0.29, 0.717) is 5.88 Å². The number of aromatic nitrogens is 2. The highest BCUT2D eigenvalue weighted by molar-refractivity contribution is 7.16. The lowest BCUT2D eigenvalue weighted by molar-refractivity contribution is -0.120. The minimum atomic E-state index is -0.521. The number of fused-ring (bicyclic) bond motifs is 1. The van der Waals surface area contributed by atoms with E-state index < -0.39 is 5.91 Å². The van der Waals surface area contributed by atoms with Gasteiger partial charge in [0.1, 0.15) is 11.2 Å². The zero-order chi connectivity index (χ0) is 9.97. The molecule has 0 saturated carbocycles. The van der Waals surface area contributed by atoms with E-state index in [1.165, 1.54) is 17.7 Å². The van der Waals surface area contributed by atoms with Crippen LogP contribution < -0.4 is 10.5 Å². The van der Waals surface area contributed by atoms with E-state index in [-0.39, 0.29) is 6.61 Å². The number of amides is 1. The average Bonchev–Trinajstić information content (AvgIpc) is 2.62. The first-order valence-corrected chi connectivity index (χ1v) is 4.74. The number of nitrogens with two attached hydrogens (primary N) is 1. The fourth-order valence-corrected chi connectivity index (χ4v) is 1.75. The monoisotopic (exact) mass is 209 g/mol.